The van der Waals surface area contributed by atoms with E-state index in [1.54, 1.807) is 18.2 Å². The Morgan fingerprint density at radius 3 is 2.58 bits per heavy atom. The highest BCUT2D eigenvalue weighted by Crippen LogP contribution is 2.32. The first-order chi connectivity index (χ1) is 19.4. The largest absolute Gasteiger partial charge is 0.352 e. The van der Waals surface area contributed by atoms with Gasteiger partial charge in [-0.2, -0.15) is 0 Å². The number of amides is 2. The Hall–Kier alpha value is -2.88. The number of carbonyl (C=O) groups excluding carboxylic acids is 2. The fraction of sp³-hybridized carbons (Fsp3) is 0.333. The molecule has 2 N–H and O–H groups in total. The van der Waals surface area contributed by atoms with Crippen LogP contribution in [0.3, 0.4) is 0 Å². The van der Waals surface area contributed by atoms with Crippen LogP contribution in [0.5, 0.6) is 0 Å². The van der Waals surface area contributed by atoms with E-state index in [4.69, 9.17) is 11.6 Å². The van der Waals surface area contributed by atoms with E-state index in [1.807, 2.05) is 16.7 Å². The quantitative estimate of drug-likeness (QED) is 0.186. The molecule has 0 radical (unpaired) electrons. The van der Waals surface area contributed by atoms with E-state index in [-0.39, 0.29) is 17.6 Å². The predicted octanol–water partition coefficient (Wildman–Crippen LogP) is 7.44. The maximum atomic E-state index is 12.8. The number of hydrogen-bond donors (Lipinski definition) is 2. The van der Waals surface area contributed by atoms with E-state index in [1.165, 1.54) is 54.8 Å². The maximum absolute atomic E-state index is 12.8. The Labute approximate surface area is 251 Å². The molecule has 0 saturated heterocycles. The first kappa shape index (κ1) is 28.6. The molecule has 1 aliphatic rings. The second-order valence-corrected chi connectivity index (χ2v) is 12.0. The van der Waals surface area contributed by atoms with Crippen molar-refractivity contribution in [3.63, 3.8) is 0 Å². The third-order valence-corrected chi connectivity index (χ3v) is 9.08. The minimum absolute atomic E-state index is 0.107. The smallest absolute Gasteiger partial charge is 0.251 e. The number of nitrogens with zero attached hydrogens (tertiary/aromatic N) is 3. The van der Waals surface area contributed by atoms with Crippen LogP contribution in [0.15, 0.2) is 64.5 Å². The lowest BCUT2D eigenvalue weighted by Gasteiger charge is -2.21. The first-order valence-electron chi connectivity index (χ1n) is 13.6. The fourth-order valence-corrected chi connectivity index (χ4v) is 6.73. The number of hydrogen-bond acceptors (Lipinski definition) is 5. The van der Waals surface area contributed by atoms with E-state index in [0.717, 1.165) is 17.5 Å². The number of fused-ring (bicyclic) bond motifs is 1. The Kier molecular flexibility index (Phi) is 9.44. The van der Waals surface area contributed by atoms with E-state index in [0.29, 0.717) is 38.6 Å². The zero-order valence-corrected chi connectivity index (χ0v) is 25.4. The molecule has 0 spiro atoms. The second-order valence-electron chi connectivity index (χ2n) is 9.98. The normalized spacial score (nSPS) is 13.9. The zero-order valence-electron chi connectivity index (χ0n) is 22.3. The van der Waals surface area contributed by atoms with E-state index in [9.17, 15) is 9.59 Å². The summed E-state index contributed by atoms with van der Waals surface area (Å²) in [4.78, 5) is 25.5. The number of nitrogens with one attached hydrogen (secondary N) is 2. The molecule has 2 amide bonds. The van der Waals surface area contributed by atoms with Crippen LogP contribution in [0.2, 0.25) is 5.02 Å². The van der Waals surface area contributed by atoms with Gasteiger partial charge in [-0.1, -0.05) is 79.9 Å². The number of rotatable bonds is 9. The highest BCUT2D eigenvalue weighted by molar-refractivity contribution is 9.10. The Morgan fingerprint density at radius 2 is 1.82 bits per heavy atom. The van der Waals surface area contributed by atoms with Crippen LogP contribution in [0.25, 0.3) is 16.5 Å². The summed E-state index contributed by atoms with van der Waals surface area (Å²) in [6, 6.07) is 17.4. The molecule has 4 aromatic rings. The van der Waals surface area contributed by atoms with Crippen LogP contribution in [-0.4, -0.2) is 38.9 Å². The molecule has 1 fully saturated rings. The highest BCUT2D eigenvalue weighted by atomic mass is 79.9. The SMILES string of the molecule is CCc1ccc(-n2c(Br)nnc2SCC(=O)Nc2ccc(C(=O)NCC3CCCCC3)cc2Cl)c2ccccc12. The maximum Gasteiger partial charge on any atom is 0.251 e. The van der Waals surface area contributed by atoms with Gasteiger partial charge in [0.2, 0.25) is 10.6 Å². The van der Waals surface area contributed by atoms with Crippen LogP contribution in [0.4, 0.5) is 5.69 Å². The van der Waals surface area contributed by atoms with Crippen molar-refractivity contribution < 1.29 is 9.59 Å². The monoisotopic (exact) mass is 639 g/mol. The predicted molar refractivity (Wildman–Crippen MR) is 166 cm³/mol. The summed E-state index contributed by atoms with van der Waals surface area (Å²) in [6.07, 6.45) is 7.02. The number of benzene rings is 3. The first-order valence-corrected chi connectivity index (χ1v) is 15.7. The standard InChI is InChI=1S/C30H31BrClN5O2S/c1-2-20-13-15-26(23-11-7-6-10-22(20)23)37-29(31)35-36-30(37)40-18-27(38)34-25-14-12-21(16-24(25)32)28(39)33-17-19-8-4-3-5-9-19/h6-7,10-16,19H,2-5,8-9,17-18H2,1H3,(H,33,39)(H,34,38). The van der Waals surface area contributed by atoms with Crippen LogP contribution in [0, 0.1) is 5.92 Å². The zero-order chi connectivity index (χ0) is 28.1. The molecule has 0 aliphatic heterocycles. The number of aromatic nitrogens is 3. The van der Waals surface area contributed by atoms with Gasteiger partial charge in [-0.3, -0.25) is 14.2 Å². The minimum Gasteiger partial charge on any atom is -0.352 e. The van der Waals surface area contributed by atoms with Crippen molar-refractivity contribution >= 4 is 67.6 Å². The van der Waals surface area contributed by atoms with Gasteiger partial charge in [0.15, 0.2) is 5.16 Å². The van der Waals surface area contributed by atoms with Crippen molar-refractivity contribution in [3.05, 3.63) is 75.5 Å². The Morgan fingerprint density at radius 1 is 1.05 bits per heavy atom. The van der Waals surface area contributed by atoms with Gasteiger partial charge in [-0.15, -0.1) is 10.2 Å². The molecule has 40 heavy (non-hydrogen) atoms. The summed E-state index contributed by atoms with van der Waals surface area (Å²) in [5.41, 5.74) is 3.14. The van der Waals surface area contributed by atoms with Gasteiger partial charge in [0.05, 0.1) is 22.2 Å². The molecule has 208 valence electrons. The number of carbonyl (C=O) groups is 2. The lowest BCUT2D eigenvalue weighted by molar-refractivity contribution is -0.113. The topological polar surface area (TPSA) is 88.9 Å². The molecule has 7 nitrogen and oxygen atoms in total. The van der Waals surface area contributed by atoms with Crippen molar-refractivity contribution in [1.82, 2.24) is 20.1 Å². The Bertz CT molecular complexity index is 1540. The van der Waals surface area contributed by atoms with Crippen LogP contribution in [-0.2, 0) is 11.2 Å². The molecule has 1 aliphatic carbocycles. The van der Waals surface area contributed by atoms with Crippen molar-refractivity contribution in [2.24, 2.45) is 5.92 Å². The van der Waals surface area contributed by atoms with Gasteiger partial charge >= 0.3 is 0 Å². The number of thioether (sulfide) groups is 1. The summed E-state index contributed by atoms with van der Waals surface area (Å²) in [7, 11) is 0. The molecule has 0 bridgehead atoms. The molecular formula is C30H31BrClN5O2S. The summed E-state index contributed by atoms with van der Waals surface area (Å²) in [6.45, 7) is 2.83. The summed E-state index contributed by atoms with van der Waals surface area (Å²) < 4.78 is 2.47. The molecule has 10 heteroatoms. The average Bonchev–Trinajstić information content (AvgIpc) is 3.35. The third kappa shape index (κ3) is 6.53. The summed E-state index contributed by atoms with van der Waals surface area (Å²) in [5.74, 6) is 0.268. The molecule has 0 unspecified atom stereocenters. The fourth-order valence-electron chi connectivity index (χ4n) is 5.20. The van der Waals surface area contributed by atoms with Gasteiger partial charge in [-0.25, -0.2) is 0 Å². The van der Waals surface area contributed by atoms with Crippen LogP contribution >= 0.6 is 39.3 Å². The molecule has 1 saturated carbocycles. The highest BCUT2D eigenvalue weighted by Gasteiger charge is 2.19. The molecule has 0 atom stereocenters. The van der Waals surface area contributed by atoms with Crippen molar-refractivity contribution in [2.45, 2.75) is 50.6 Å². The van der Waals surface area contributed by atoms with Crippen molar-refractivity contribution in [1.29, 1.82) is 0 Å². The number of halogens is 2. The van der Waals surface area contributed by atoms with Crippen molar-refractivity contribution in [2.75, 3.05) is 17.6 Å². The average molecular weight is 641 g/mol. The van der Waals surface area contributed by atoms with Crippen molar-refractivity contribution in [3.8, 4) is 5.69 Å². The van der Waals surface area contributed by atoms with Gasteiger partial charge < -0.3 is 10.6 Å². The second kappa shape index (κ2) is 13.2. The van der Waals surface area contributed by atoms with E-state index in [2.05, 4.69) is 68.0 Å². The molecule has 3 aromatic carbocycles. The van der Waals surface area contributed by atoms with Gasteiger partial charge in [0, 0.05) is 17.5 Å². The molecular weight excluding hydrogens is 610 g/mol. The van der Waals surface area contributed by atoms with Crippen LogP contribution < -0.4 is 10.6 Å². The molecule has 1 aromatic heterocycles. The summed E-state index contributed by atoms with van der Waals surface area (Å²) in [5, 5.41) is 17.6. The number of anilines is 1. The molecule has 1 heterocycles. The van der Waals surface area contributed by atoms with Gasteiger partial charge in [0.25, 0.3) is 5.91 Å². The minimum atomic E-state index is -0.238. The lowest BCUT2D eigenvalue weighted by Crippen LogP contribution is -2.30. The van der Waals surface area contributed by atoms with Crippen LogP contribution in [0.1, 0.15) is 54.9 Å². The third-order valence-electron chi connectivity index (χ3n) is 7.32. The Balaban J connectivity index is 1.23. The lowest BCUT2D eigenvalue weighted by atomic mass is 9.89. The molecule has 5 rings (SSSR count). The number of aryl methyl sites for hydroxylation is 1. The summed E-state index contributed by atoms with van der Waals surface area (Å²) >= 11 is 11.2. The van der Waals surface area contributed by atoms with E-state index < -0.39 is 0 Å². The van der Waals surface area contributed by atoms with Gasteiger partial charge in [-0.05, 0) is 76.3 Å². The van der Waals surface area contributed by atoms with E-state index >= 15 is 0 Å². The van der Waals surface area contributed by atoms with Gasteiger partial charge in [0.1, 0.15) is 0 Å².